The van der Waals surface area contributed by atoms with E-state index < -0.39 is 0 Å². The first-order chi connectivity index (χ1) is 8.95. The van der Waals surface area contributed by atoms with Crippen LogP contribution in [-0.4, -0.2) is 9.97 Å². The zero-order valence-electron chi connectivity index (χ0n) is 11.0. The molecule has 5 heteroatoms. The van der Waals surface area contributed by atoms with Gasteiger partial charge in [0.05, 0.1) is 0 Å². The van der Waals surface area contributed by atoms with E-state index >= 15 is 0 Å². The van der Waals surface area contributed by atoms with Crippen molar-refractivity contribution in [1.29, 1.82) is 0 Å². The van der Waals surface area contributed by atoms with Gasteiger partial charge in [-0.2, -0.15) is 0 Å². The van der Waals surface area contributed by atoms with Gasteiger partial charge in [0.25, 0.3) is 0 Å². The number of halogens is 2. The summed E-state index contributed by atoms with van der Waals surface area (Å²) < 4.78 is 1.05. The number of benzene rings is 1. The average Bonchev–Trinajstić information content (AvgIpc) is 2.32. The highest BCUT2D eigenvalue weighted by Gasteiger charge is 2.08. The number of hydrogen-bond donors (Lipinski definition) is 1. The van der Waals surface area contributed by atoms with Crippen LogP contribution in [0.1, 0.15) is 31.2 Å². The molecular formula is C14H15BrClN3. The summed E-state index contributed by atoms with van der Waals surface area (Å²) in [5.41, 5.74) is 2.14. The predicted molar refractivity (Wildman–Crippen MR) is 83.3 cm³/mol. The van der Waals surface area contributed by atoms with E-state index in [2.05, 4.69) is 37.3 Å². The lowest BCUT2D eigenvalue weighted by Crippen LogP contribution is -2.02. The second-order valence-electron chi connectivity index (χ2n) is 4.67. The Hall–Kier alpha value is -1.13. The third kappa shape index (κ3) is 3.67. The average molecular weight is 341 g/mol. The maximum atomic E-state index is 6.03. The third-order valence-corrected chi connectivity index (χ3v) is 3.37. The number of aromatic nitrogens is 2. The van der Waals surface area contributed by atoms with Gasteiger partial charge in [0.15, 0.2) is 0 Å². The van der Waals surface area contributed by atoms with Crippen LogP contribution >= 0.6 is 27.5 Å². The highest BCUT2D eigenvalue weighted by Crippen LogP contribution is 2.25. The molecule has 2 aromatic rings. The molecule has 1 aromatic heterocycles. The number of hydrogen-bond acceptors (Lipinski definition) is 3. The SMILES string of the molecule is Cc1cc(Br)ccc1Nc1cc(Cl)nc(C(C)C)n1. The van der Waals surface area contributed by atoms with Crippen LogP contribution in [0.2, 0.25) is 5.15 Å². The molecule has 0 aliphatic carbocycles. The molecule has 0 saturated heterocycles. The number of anilines is 2. The summed E-state index contributed by atoms with van der Waals surface area (Å²) in [7, 11) is 0. The minimum atomic E-state index is 0.241. The lowest BCUT2D eigenvalue weighted by atomic mass is 10.2. The molecule has 0 bridgehead atoms. The largest absolute Gasteiger partial charge is 0.340 e. The summed E-state index contributed by atoms with van der Waals surface area (Å²) in [6.07, 6.45) is 0. The summed E-state index contributed by atoms with van der Waals surface area (Å²) in [6.45, 7) is 6.12. The normalized spacial score (nSPS) is 10.8. The van der Waals surface area contributed by atoms with E-state index in [0.717, 1.165) is 21.5 Å². The molecule has 2 rings (SSSR count). The van der Waals surface area contributed by atoms with E-state index in [1.165, 1.54) is 0 Å². The van der Waals surface area contributed by atoms with Crippen molar-refractivity contribution in [3.63, 3.8) is 0 Å². The molecule has 19 heavy (non-hydrogen) atoms. The topological polar surface area (TPSA) is 37.8 Å². The van der Waals surface area contributed by atoms with Crippen molar-refractivity contribution in [3.8, 4) is 0 Å². The van der Waals surface area contributed by atoms with Crippen molar-refractivity contribution in [2.24, 2.45) is 0 Å². The molecule has 0 amide bonds. The first kappa shape index (κ1) is 14.3. The summed E-state index contributed by atoms with van der Waals surface area (Å²) in [6, 6.07) is 7.77. The standard InChI is InChI=1S/C14H15BrClN3/c1-8(2)14-18-12(16)7-13(19-14)17-11-5-4-10(15)6-9(11)3/h4-8H,1-3H3,(H,17,18,19). The van der Waals surface area contributed by atoms with Gasteiger partial charge in [0.2, 0.25) is 0 Å². The molecule has 0 unspecified atom stereocenters. The summed E-state index contributed by atoms with van der Waals surface area (Å²) in [4.78, 5) is 8.69. The second-order valence-corrected chi connectivity index (χ2v) is 5.98. The highest BCUT2D eigenvalue weighted by molar-refractivity contribution is 9.10. The van der Waals surface area contributed by atoms with Crippen LogP contribution in [-0.2, 0) is 0 Å². The molecule has 100 valence electrons. The zero-order valence-corrected chi connectivity index (χ0v) is 13.4. The lowest BCUT2D eigenvalue weighted by molar-refractivity contribution is 0.776. The molecule has 1 heterocycles. The van der Waals surface area contributed by atoms with E-state index in [-0.39, 0.29) is 5.92 Å². The van der Waals surface area contributed by atoms with Gasteiger partial charge >= 0.3 is 0 Å². The number of nitrogens with zero attached hydrogens (tertiary/aromatic N) is 2. The van der Waals surface area contributed by atoms with Gasteiger partial charge in [-0.25, -0.2) is 9.97 Å². The predicted octanol–water partition coefficient (Wildman–Crippen LogP) is 5.07. The van der Waals surface area contributed by atoms with E-state index in [1.807, 2.05) is 32.9 Å². The van der Waals surface area contributed by atoms with Gasteiger partial charge in [-0.15, -0.1) is 0 Å². The van der Waals surface area contributed by atoms with E-state index in [4.69, 9.17) is 11.6 Å². The summed E-state index contributed by atoms with van der Waals surface area (Å²) in [5.74, 6) is 1.70. The molecule has 0 atom stereocenters. The van der Waals surface area contributed by atoms with Gasteiger partial charge < -0.3 is 5.32 Å². The third-order valence-electron chi connectivity index (χ3n) is 2.68. The van der Waals surface area contributed by atoms with Crippen LogP contribution in [0.5, 0.6) is 0 Å². The monoisotopic (exact) mass is 339 g/mol. The van der Waals surface area contributed by atoms with Gasteiger partial charge in [-0.1, -0.05) is 41.4 Å². The Morgan fingerprint density at radius 3 is 2.58 bits per heavy atom. The molecule has 1 aromatic carbocycles. The minimum absolute atomic E-state index is 0.241. The fourth-order valence-corrected chi connectivity index (χ4v) is 2.33. The number of nitrogens with one attached hydrogen (secondary N) is 1. The summed E-state index contributed by atoms with van der Waals surface area (Å²) >= 11 is 9.48. The first-order valence-corrected chi connectivity index (χ1v) is 7.20. The molecular weight excluding hydrogens is 326 g/mol. The molecule has 3 nitrogen and oxygen atoms in total. The fourth-order valence-electron chi connectivity index (χ4n) is 1.66. The van der Waals surface area contributed by atoms with Crippen LogP contribution in [0.15, 0.2) is 28.7 Å². The number of aryl methyl sites for hydroxylation is 1. The summed E-state index contributed by atoms with van der Waals surface area (Å²) in [5, 5.41) is 3.73. The Morgan fingerprint density at radius 2 is 1.95 bits per heavy atom. The van der Waals surface area contributed by atoms with Crippen LogP contribution < -0.4 is 5.32 Å². The van der Waals surface area contributed by atoms with E-state index in [9.17, 15) is 0 Å². The van der Waals surface area contributed by atoms with Gasteiger partial charge in [0.1, 0.15) is 16.8 Å². The maximum absolute atomic E-state index is 6.03. The van der Waals surface area contributed by atoms with Crippen molar-refractivity contribution >= 4 is 39.0 Å². The molecule has 0 aliphatic rings. The Balaban J connectivity index is 2.32. The molecule has 1 N–H and O–H groups in total. The van der Waals surface area contributed by atoms with Gasteiger partial charge in [0, 0.05) is 22.1 Å². The fraction of sp³-hybridized carbons (Fsp3) is 0.286. The minimum Gasteiger partial charge on any atom is -0.340 e. The van der Waals surface area contributed by atoms with Crippen molar-refractivity contribution in [1.82, 2.24) is 9.97 Å². The highest BCUT2D eigenvalue weighted by atomic mass is 79.9. The van der Waals surface area contributed by atoms with Gasteiger partial charge in [-0.05, 0) is 30.7 Å². The smallest absolute Gasteiger partial charge is 0.135 e. The van der Waals surface area contributed by atoms with Crippen LogP contribution in [0.25, 0.3) is 0 Å². The van der Waals surface area contributed by atoms with Crippen molar-refractivity contribution in [2.45, 2.75) is 26.7 Å². The van der Waals surface area contributed by atoms with Crippen LogP contribution in [0.4, 0.5) is 11.5 Å². The zero-order chi connectivity index (χ0) is 14.0. The Kier molecular flexibility index (Phi) is 4.42. The molecule has 0 saturated carbocycles. The van der Waals surface area contributed by atoms with E-state index in [0.29, 0.717) is 11.0 Å². The number of rotatable bonds is 3. The maximum Gasteiger partial charge on any atom is 0.135 e. The first-order valence-electron chi connectivity index (χ1n) is 6.03. The van der Waals surface area contributed by atoms with Crippen molar-refractivity contribution < 1.29 is 0 Å². The van der Waals surface area contributed by atoms with E-state index in [1.54, 1.807) is 6.07 Å². The Labute approximate surface area is 126 Å². The Bertz CT molecular complexity index is 599. The van der Waals surface area contributed by atoms with Crippen molar-refractivity contribution in [2.75, 3.05) is 5.32 Å². The van der Waals surface area contributed by atoms with Gasteiger partial charge in [-0.3, -0.25) is 0 Å². The quantitative estimate of drug-likeness (QED) is 0.793. The van der Waals surface area contributed by atoms with Crippen molar-refractivity contribution in [3.05, 3.63) is 45.3 Å². The van der Waals surface area contributed by atoms with Crippen LogP contribution in [0, 0.1) is 6.92 Å². The second kappa shape index (κ2) is 5.88. The van der Waals surface area contributed by atoms with Crippen LogP contribution in [0.3, 0.4) is 0 Å². The molecule has 0 radical (unpaired) electrons. The molecule has 0 spiro atoms. The Morgan fingerprint density at radius 1 is 1.21 bits per heavy atom. The molecule has 0 fully saturated rings. The lowest BCUT2D eigenvalue weighted by Gasteiger charge is -2.11. The molecule has 0 aliphatic heterocycles.